The second-order valence-corrected chi connectivity index (χ2v) is 14.5. The summed E-state index contributed by atoms with van der Waals surface area (Å²) in [6, 6.07) is 0. The van der Waals surface area contributed by atoms with Crippen molar-refractivity contribution in [2.45, 2.75) is 170 Å². The molecule has 0 saturated heterocycles. The number of carbonyl (C=O) groups excluding carboxylic acids is 4. The summed E-state index contributed by atoms with van der Waals surface area (Å²) in [6.45, 7) is 15.4. The highest BCUT2D eigenvalue weighted by Gasteiger charge is 2.42. The van der Waals surface area contributed by atoms with Gasteiger partial charge < -0.3 is 18.9 Å². The van der Waals surface area contributed by atoms with E-state index in [0.717, 1.165) is 24.8 Å². The van der Waals surface area contributed by atoms with Crippen molar-refractivity contribution in [1.82, 2.24) is 0 Å². The molecule has 0 aliphatic carbocycles. The third-order valence-corrected chi connectivity index (χ3v) is 8.82. The zero-order valence-corrected chi connectivity index (χ0v) is 32.7. The quantitative estimate of drug-likeness (QED) is 0.0159. The molecule has 0 aliphatic heterocycles. The number of hydrogen-bond acceptors (Lipinski definition) is 10. The average Bonchev–Trinajstić information content (AvgIpc) is 3.07. The molecule has 10 heteroatoms. The number of esters is 4. The Morgan fingerprint density at radius 1 is 0.520 bits per heavy atom. The van der Waals surface area contributed by atoms with E-state index < -0.39 is 28.7 Å². The van der Waals surface area contributed by atoms with Gasteiger partial charge in [-0.25, -0.2) is 9.78 Å². The highest BCUT2D eigenvalue weighted by atomic mass is 17.2. The molecule has 0 fully saturated rings. The van der Waals surface area contributed by atoms with Crippen LogP contribution >= 0.6 is 0 Å². The maximum absolute atomic E-state index is 13.0. The van der Waals surface area contributed by atoms with Gasteiger partial charge in [0, 0.05) is 0 Å². The van der Waals surface area contributed by atoms with Crippen LogP contribution in [0.1, 0.15) is 170 Å². The molecule has 0 aromatic carbocycles. The molecule has 0 radical (unpaired) electrons. The van der Waals surface area contributed by atoms with Crippen molar-refractivity contribution in [1.29, 1.82) is 0 Å². The summed E-state index contributed by atoms with van der Waals surface area (Å²) >= 11 is 0. The number of unbranched alkanes of at least 4 members (excludes halogenated alkanes) is 15. The predicted octanol–water partition coefficient (Wildman–Crippen LogP) is 9.56. The van der Waals surface area contributed by atoms with Gasteiger partial charge in [0.15, 0.2) is 0 Å². The topological polar surface area (TPSA) is 124 Å². The summed E-state index contributed by atoms with van der Waals surface area (Å²) in [6.07, 6.45) is 21.1. The van der Waals surface area contributed by atoms with Gasteiger partial charge in [-0.1, -0.05) is 122 Å². The first-order valence-electron chi connectivity index (χ1n) is 19.4. The number of rotatable bonds is 34. The number of carbonyl (C=O) groups is 4. The first-order chi connectivity index (χ1) is 23.9. The van der Waals surface area contributed by atoms with Crippen molar-refractivity contribution in [3.63, 3.8) is 0 Å². The Balaban J connectivity index is 4.06. The molecule has 0 aliphatic rings. The highest BCUT2D eigenvalue weighted by molar-refractivity contribution is 5.80. The lowest BCUT2D eigenvalue weighted by Crippen LogP contribution is -2.39. The van der Waals surface area contributed by atoms with Gasteiger partial charge in [0.25, 0.3) is 0 Å². The fourth-order valence-electron chi connectivity index (χ4n) is 5.60. The van der Waals surface area contributed by atoms with Crippen molar-refractivity contribution in [2.24, 2.45) is 10.8 Å². The second kappa shape index (κ2) is 30.2. The Labute approximate surface area is 304 Å². The molecule has 10 nitrogen and oxygen atoms in total. The molecule has 50 heavy (non-hydrogen) atoms. The second-order valence-electron chi connectivity index (χ2n) is 14.5. The number of ether oxygens (including phenoxy) is 4. The molecule has 0 saturated carbocycles. The Kier molecular flexibility index (Phi) is 28.7. The molecule has 1 unspecified atom stereocenters. The van der Waals surface area contributed by atoms with Crippen LogP contribution in [0.4, 0.5) is 0 Å². The summed E-state index contributed by atoms with van der Waals surface area (Å²) in [5.41, 5.74) is -0.987. The van der Waals surface area contributed by atoms with Crippen LogP contribution in [0.2, 0.25) is 0 Å². The zero-order valence-electron chi connectivity index (χ0n) is 32.7. The minimum atomic E-state index is -0.953. The molecule has 0 bridgehead atoms. The van der Waals surface area contributed by atoms with Crippen molar-refractivity contribution < 1.29 is 47.9 Å². The standard InChI is InChI=1S/C40H72O10/c1-8-10-11-12-13-14-15-16-17-18-19-20-21-22-23-24-27-47-38(44)40(7,9-2)33-39(5,6)37(43)48-29-28-45-35(41)25-26-36(42)46-30-31-49-50-32-34(3)4/h3,8-33H2,1-2,4-7H3. The highest BCUT2D eigenvalue weighted by Crippen LogP contribution is 2.38. The third kappa shape index (κ3) is 26.4. The van der Waals surface area contributed by atoms with Gasteiger partial charge in [-0.2, -0.15) is 0 Å². The molecule has 0 amide bonds. The van der Waals surface area contributed by atoms with E-state index in [2.05, 4.69) is 13.5 Å². The summed E-state index contributed by atoms with van der Waals surface area (Å²) in [7, 11) is 0. The maximum Gasteiger partial charge on any atom is 0.311 e. The van der Waals surface area contributed by atoms with Gasteiger partial charge in [-0.3, -0.25) is 19.2 Å². The van der Waals surface area contributed by atoms with Gasteiger partial charge in [-0.15, -0.1) is 0 Å². The molecule has 0 aromatic heterocycles. The van der Waals surface area contributed by atoms with Crippen molar-refractivity contribution in [3.05, 3.63) is 12.2 Å². The molecule has 1 atom stereocenters. The van der Waals surface area contributed by atoms with Gasteiger partial charge in [0.1, 0.15) is 33.0 Å². The lowest BCUT2D eigenvalue weighted by molar-refractivity contribution is -0.291. The van der Waals surface area contributed by atoms with E-state index >= 15 is 0 Å². The zero-order chi connectivity index (χ0) is 37.5. The molecular formula is C40H72O10. The molecule has 0 aromatic rings. The average molecular weight is 713 g/mol. The van der Waals surface area contributed by atoms with Gasteiger partial charge in [0.2, 0.25) is 0 Å². The Hall–Kier alpha value is -2.46. The normalized spacial score (nSPS) is 12.6. The van der Waals surface area contributed by atoms with E-state index in [1.807, 2.05) is 13.8 Å². The van der Waals surface area contributed by atoms with Crippen molar-refractivity contribution >= 4 is 23.9 Å². The van der Waals surface area contributed by atoms with E-state index in [9.17, 15) is 19.2 Å². The van der Waals surface area contributed by atoms with Crippen LogP contribution in [0.5, 0.6) is 0 Å². The van der Waals surface area contributed by atoms with Gasteiger partial charge >= 0.3 is 23.9 Å². The molecular weight excluding hydrogens is 640 g/mol. The monoisotopic (exact) mass is 713 g/mol. The fraction of sp³-hybridized carbons (Fsp3) is 0.850. The number of hydrogen-bond donors (Lipinski definition) is 0. The van der Waals surface area contributed by atoms with Crippen LogP contribution in [-0.2, 0) is 47.9 Å². The first kappa shape index (κ1) is 47.5. The van der Waals surface area contributed by atoms with Crippen LogP contribution in [0.15, 0.2) is 12.2 Å². The Morgan fingerprint density at radius 2 is 0.940 bits per heavy atom. The minimum Gasteiger partial charge on any atom is -0.465 e. The summed E-state index contributed by atoms with van der Waals surface area (Å²) in [5.74, 6) is -1.96. The predicted molar refractivity (Wildman–Crippen MR) is 196 cm³/mol. The summed E-state index contributed by atoms with van der Waals surface area (Å²) < 4.78 is 21.0. The van der Waals surface area contributed by atoms with E-state index in [0.29, 0.717) is 13.0 Å². The van der Waals surface area contributed by atoms with Crippen LogP contribution in [0.25, 0.3) is 0 Å². The lowest BCUT2D eigenvalue weighted by Gasteiger charge is -2.33. The molecule has 0 N–H and O–H groups in total. The molecule has 0 spiro atoms. The van der Waals surface area contributed by atoms with Crippen LogP contribution in [-0.4, -0.2) is 63.5 Å². The first-order valence-corrected chi connectivity index (χ1v) is 19.4. The summed E-state index contributed by atoms with van der Waals surface area (Å²) in [5, 5.41) is 0. The van der Waals surface area contributed by atoms with Crippen molar-refractivity contribution in [2.75, 3.05) is 39.6 Å². The molecule has 0 rings (SSSR count). The Morgan fingerprint density at radius 3 is 1.40 bits per heavy atom. The largest absolute Gasteiger partial charge is 0.465 e. The van der Waals surface area contributed by atoms with E-state index in [4.69, 9.17) is 28.7 Å². The van der Waals surface area contributed by atoms with E-state index in [-0.39, 0.29) is 58.3 Å². The third-order valence-electron chi connectivity index (χ3n) is 8.82. The van der Waals surface area contributed by atoms with Crippen LogP contribution < -0.4 is 0 Å². The smallest absolute Gasteiger partial charge is 0.311 e. The van der Waals surface area contributed by atoms with Gasteiger partial charge in [-0.05, 0) is 47.0 Å². The summed E-state index contributed by atoms with van der Waals surface area (Å²) in [4.78, 5) is 59.3. The maximum atomic E-state index is 13.0. The van der Waals surface area contributed by atoms with Crippen molar-refractivity contribution in [3.8, 4) is 0 Å². The minimum absolute atomic E-state index is 0.00975. The molecule has 0 heterocycles. The van der Waals surface area contributed by atoms with E-state index in [1.54, 1.807) is 20.8 Å². The molecule has 292 valence electrons. The van der Waals surface area contributed by atoms with Crippen LogP contribution in [0, 0.1) is 10.8 Å². The Bertz CT molecular complexity index is 931. The van der Waals surface area contributed by atoms with Gasteiger partial charge in [0.05, 0.1) is 30.3 Å². The fourth-order valence-corrected chi connectivity index (χ4v) is 5.60. The van der Waals surface area contributed by atoms with Crippen LogP contribution in [0.3, 0.4) is 0 Å². The van der Waals surface area contributed by atoms with E-state index in [1.165, 1.54) is 83.5 Å². The SMILES string of the molecule is C=C(C)COOCCOC(=O)CCC(=O)OCCOC(=O)C(C)(C)CC(C)(CC)C(=O)OCCCCCCCCCCCCCCCCCC. The lowest BCUT2D eigenvalue weighted by atomic mass is 9.72.